The first-order valence-electron chi connectivity index (χ1n) is 8.49. The summed E-state index contributed by atoms with van der Waals surface area (Å²) in [5, 5.41) is 2.91. The zero-order chi connectivity index (χ0) is 16.9. The molecule has 0 radical (unpaired) electrons. The lowest BCUT2D eigenvalue weighted by Crippen LogP contribution is -2.10. The van der Waals surface area contributed by atoms with Gasteiger partial charge in [-0.15, -0.1) is 0 Å². The number of hydrogen-bond acceptors (Lipinski definition) is 3. The minimum Gasteiger partial charge on any atom is -0.436 e. The molecule has 0 saturated carbocycles. The predicted molar refractivity (Wildman–Crippen MR) is 97.0 cm³/mol. The molecule has 1 amide bonds. The highest BCUT2D eigenvalue weighted by Gasteiger charge is 2.09. The van der Waals surface area contributed by atoms with Crippen molar-refractivity contribution in [3.63, 3.8) is 0 Å². The Labute approximate surface area is 141 Å². The van der Waals surface area contributed by atoms with E-state index in [0.717, 1.165) is 41.6 Å². The van der Waals surface area contributed by atoms with Gasteiger partial charge in [0.2, 0.25) is 11.8 Å². The third-order valence-electron chi connectivity index (χ3n) is 4.03. The van der Waals surface area contributed by atoms with Crippen LogP contribution in [-0.4, -0.2) is 10.9 Å². The summed E-state index contributed by atoms with van der Waals surface area (Å²) in [7, 11) is 0. The predicted octanol–water partition coefficient (Wildman–Crippen LogP) is 5.19. The maximum absolute atomic E-state index is 11.8. The van der Waals surface area contributed by atoms with Crippen LogP contribution in [0.3, 0.4) is 0 Å². The molecule has 3 aromatic rings. The largest absolute Gasteiger partial charge is 0.436 e. The molecule has 24 heavy (non-hydrogen) atoms. The van der Waals surface area contributed by atoms with Crippen molar-refractivity contribution in [3.05, 3.63) is 48.0 Å². The van der Waals surface area contributed by atoms with E-state index in [-0.39, 0.29) is 5.91 Å². The van der Waals surface area contributed by atoms with Crippen molar-refractivity contribution in [3.8, 4) is 11.5 Å². The van der Waals surface area contributed by atoms with Crippen LogP contribution in [0.1, 0.15) is 38.7 Å². The molecule has 2 aromatic carbocycles. The van der Waals surface area contributed by atoms with Crippen LogP contribution in [0.2, 0.25) is 0 Å². The first-order chi connectivity index (χ1) is 11.7. The van der Waals surface area contributed by atoms with Crippen molar-refractivity contribution in [2.45, 2.75) is 39.5 Å². The van der Waals surface area contributed by atoms with Crippen molar-refractivity contribution in [1.82, 2.24) is 4.98 Å². The highest BCUT2D eigenvalue weighted by atomic mass is 16.3. The van der Waals surface area contributed by atoms with Gasteiger partial charge >= 0.3 is 0 Å². The molecule has 0 aliphatic heterocycles. The van der Waals surface area contributed by atoms with Crippen molar-refractivity contribution < 1.29 is 9.21 Å². The summed E-state index contributed by atoms with van der Waals surface area (Å²) < 4.78 is 5.83. The van der Waals surface area contributed by atoms with E-state index in [1.807, 2.05) is 30.3 Å². The van der Waals surface area contributed by atoms with Gasteiger partial charge in [-0.25, -0.2) is 4.98 Å². The molecular weight excluding hydrogens is 300 g/mol. The molecule has 124 valence electrons. The van der Waals surface area contributed by atoms with Crippen molar-refractivity contribution in [2.75, 3.05) is 5.32 Å². The number of unbranched alkanes of at least 4 members (excludes halogenated alkanes) is 1. The number of oxazole rings is 1. The molecular formula is C20H22N2O2. The summed E-state index contributed by atoms with van der Waals surface area (Å²) in [6.45, 7) is 4.20. The van der Waals surface area contributed by atoms with Gasteiger partial charge in [0.15, 0.2) is 5.58 Å². The lowest BCUT2D eigenvalue weighted by molar-refractivity contribution is -0.116. The number of carbonyl (C=O) groups excluding carboxylic acids is 1. The Balaban J connectivity index is 1.76. The number of rotatable bonds is 6. The second-order valence-electron chi connectivity index (χ2n) is 5.90. The van der Waals surface area contributed by atoms with Crippen LogP contribution in [0.5, 0.6) is 0 Å². The van der Waals surface area contributed by atoms with E-state index in [2.05, 4.69) is 36.3 Å². The molecule has 0 aliphatic carbocycles. The maximum atomic E-state index is 11.8. The lowest BCUT2D eigenvalue weighted by Gasteiger charge is -2.05. The van der Waals surface area contributed by atoms with E-state index in [1.165, 1.54) is 5.56 Å². The fraction of sp³-hybridized carbons (Fsp3) is 0.300. The summed E-state index contributed by atoms with van der Waals surface area (Å²) in [5.41, 5.74) is 4.60. The fourth-order valence-electron chi connectivity index (χ4n) is 2.57. The minimum absolute atomic E-state index is 0.0542. The molecule has 1 heterocycles. The smallest absolute Gasteiger partial charge is 0.227 e. The number of benzene rings is 2. The van der Waals surface area contributed by atoms with Gasteiger partial charge in [0.1, 0.15) is 5.52 Å². The third-order valence-corrected chi connectivity index (χ3v) is 4.03. The van der Waals surface area contributed by atoms with Crippen LogP contribution in [0.15, 0.2) is 46.9 Å². The van der Waals surface area contributed by atoms with Gasteiger partial charge in [-0.1, -0.05) is 26.3 Å². The summed E-state index contributed by atoms with van der Waals surface area (Å²) in [6.07, 6.45) is 3.46. The fourth-order valence-corrected chi connectivity index (χ4v) is 2.57. The Morgan fingerprint density at radius 2 is 1.92 bits per heavy atom. The van der Waals surface area contributed by atoms with Crippen molar-refractivity contribution >= 4 is 22.7 Å². The normalized spacial score (nSPS) is 10.9. The number of carbonyl (C=O) groups is 1. The number of nitrogens with zero attached hydrogens (tertiary/aromatic N) is 1. The number of amides is 1. The lowest BCUT2D eigenvalue weighted by atomic mass is 10.1. The van der Waals surface area contributed by atoms with Crippen LogP contribution >= 0.6 is 0 Å². The van der Waals surface area contributed by atoms with Gasteiger partial charge < -0.3 is 9.73 Å². The van der Waals surface area contributed by atoms with Crippen LogP contribution in [0.25, 0.3) is 22.6 Å². The molecule has 1 aromatic heterocycles. The van der Waals surface area contributed by atoms with E-state index >= 15 is 0 Å². The van der Waals surface area contributed by atoms with E-state index in [9.17, 15) is 4.79 Å². The second-order valence-corrected chi connectivity index (χ2v) is 5.90. The maximum Gasteiger partial charge on any atom is 0.227 e. The number of hydrogen-bond donors (Lipinski definition) is 1. The topological polar surface area (TPSA) is 55.1 Å². The second kappa shape index (κ2) is 7.30. The third kappa shape index (κ3) is 3.65. The molecule has 1 N–H and O–H groups in total. The molecule has 3 rings (SSSR count). The average Bonchev–Trinajstić information content (AvgIpc) is 3.03. The Kier molecular flexibility index (Phi) is 4.94. The zero-order valence-corrected chi connectivity index (χ0v) is 14.1. The van der Waals surface area contributed by atoms with Gasteiger partial charge in [-0.2, -0.15) is 0 Å². The molecule has 0 unspecified atom stereocenters. The van der Waals surface area contributed by atoms with E-state index in [0.29, 0.717) is 12.3 Å². The zero-order valence-electron chi connectivity index (χ0n) is 14.1. The molecule has 4 nitrogen and oxygen atoms in total. The number of nitrogens with one attached hydrogen (secondary N) is 1. The van der Waals surface area contributed by atoms with Gasteiger partial charge in [0.25, 0.3) is 0 Å². The minimum atomic E-state index is 0.0542. The highest BCUT2D eigenvalue weighted by Crippen LogP contribution is 2.26. The summed E-state index contributed by atoms with van der Waals surface area (Å²) >= 11 is 0. The molecule has 0 saturated heterocycles. The van der Waals surface area contributed by atoms with Gasteiger partial charge in [-0.05, 0) is 54.8 Å². The van der Waals surface area contributed by atoms with E-state index in [1.54, 1.807) is 0 Å². The Bertz CT molecular complexity index is 834. The first kappa shape index (κ1) is 16.2. The monoisotopic (exact) mass is 322 g/mol. The molecule has 4 heteroatoms. The molecule has 0 aliphatic rings. The average molecular weight is 322 g/mol. The first-order valence-corrected chi connectivity index (χ1v) is 8.49. The molecule has 0 spiro atoms. The SMILES string of the molecule is CCCCC(=O)Nc1ccc(-c2nc3cc(CC)ccc3o2)cc1. The molecule has 0 bridgehead atoms. The van der Waals surface area contributed by atoms with Crippen molar-refractivity contribution in [1.29, 1.82) is 0 Å². The van der Waals surface area contributed by atoms with Crippen LogP contribution < -0.4 is 5.32 Å². The van der Waals surface area contributed by atoms with E-state index in [4.69, 9.17) is 4.42 Å². The molecule has 0 fully saturated rings. The Morgan fingerprint density at radius 3 is 2.62 bits per heavy atom. The Morgan fingerprint density at radius 1 is 1.12 bits per heavy atom. The summed E-state index contributed by atoms with van der Waals surface area (Å²) in [6, 6.07) is 13.7. The highest BCUT2D eigenvalue weighted by molar-refractivity contribution is 5.90. The summed E-state index contributed by atoms with van der Waals surface area (Å²) in [4.78, 5) is 16.3. The quantitative estimate of drug-likeness (QED) is 0.680. The number of aromatic nitrogens is 1. The van der Waals surface area contributed by atoms with Crippen molar-refractivity contribution in [2.24, 2.45) is 0 Å². The van der Waals surface area contributed by atoms with Gasteiger partial charge in [0.05, 0.1) is 0 Å². The number of aryl methyl sites for hydroxylation is 1. The standard InChI is InChI=1S/C20H22N2O2/c1-3-5-6-19(23)21-16-10-8-15(9-11-16)20-22-17-13-14(4-2)7-12-18(17)24-20/h7-13H,3-6H2,1-2H3,(H,21,23). The summed E-state index contributed by atoms with van der Waals surface area (Å²) in [5.74, 6) is 0.653. The molecule has 0 atom stereocenters. The van der Waals surface area contributed by atoms with Crippen LogP contribution in [0, 0.1) is 0 Å². The number of anilines is 1. The Hall–Kier alpha value is -2.62. The van der Waals surface area contributed by atoms with E-state index < -0.39 is 0 Å². The van der Waals surface area contributed by atoms with Crippen LogP contribution in [-0.2, 0) is 11.2 Å². The number of fused-ring (bicyclic) bond motifs is 1. The van der Waals surface area contributed by atoms with Gasteiger partial charge in [-0.3, -0.25) is 4.79 Å². The van der Waals surface area contributed by atoms with Crippen LogP contribution in [0.4, 0.5) is 5.69 Å². The van der Waals surface area contributed by atoms with Gasteiger partial charge in [0, 0.05) is 17.7 Å².